The quantitative estimate of drug-likeness (QED) is 0.683. The fourth-order valence-electron chi connectivity index (χ4n) is 1.70. The Labute approximate surface area is 153 Å². The molecule has 1 atom stereocenters. The lowest BCUT2D eigenvalue weighted by molar-refractivity contribution is -0.122. The Morgan fingerprint density at radius 2 is 1.70 bits per heavy atom. The van der Waals surface area contributed by atoms with Gasteiger partial charge in [-0.3, -0.25) is 9.59 Å². The first-order valence-corrected chi connectivity index (χ1v) is 9.98. The van der Waals surface area contributed by atoms with Gasteiger partial charge in [0.05, 0.1) is 5.54 Å². The Morgan fingerprint density at radius 3 is 2.13 bits per heavy atom. The molecule has 0 spiro atoms. The van der Waals surface area contributed by atoms with Gasteiger partial charge >= 0.3 is 0 Å². The number of hydrogen-bond donors (Lipinski definition) is 1. The second-order valence-corrected chi connectivity index (χ2v) is 10.1. The van der Waals surface area contributed by atoms with Crippen LogP contribution in [0.4, 0.5) is 0 Å². The minimum absolute atomic E-state index is 0.174. The molecule has 1 N–H and O–H groups in total. The molecule has 0 heterocycles. The fourth-order valence-corrected chi connectivity index (χ4v) is 4.50. The van der Waals surface area contributed by atoms with Crippen LogP contribution < -0.4 is 5.32 Å². The maximum atomic E-state index is 12.4. The molecule has 0 radical (unpaired) electrons. The number of nitrogens with one attached hydrogen (secondary N) is 1. The smallest absolute Gasteiger partial charge is 0.252 e. The molecule has 1 aromatic carbocycles. The average Bonchev–Trinajstić information content (AvgIpc) is 2.44. The second kappa shape index (κ2) is 7.51. The summed E-state index contributed by atoms with van der Waals surface area (Å²) in [5.41, 5.74) is -1.23. The molecule has 0 saturated carbocycles. The zero-order chi connectivity index (χ0) is 18.0. The molecule has 0 bridgehead atoms. The summed E-state index contributed by atoms with van der Waals surface area (Å²) in [5, 5.41) is 3.06. The van der Waals surface area contributed by atoms with E-state index in [0.29, 0.717) is 0 Å². The Hall–Kier alpha value is -0.630. The third-order valence-electron chi connectivity index (χ3n) is 3.09. The molecule has 0 aliphatic carbocycles. The number of halogens is 3. The summed E-state index contributed by atoms with van der Waals surface area (Å²) in [5.74, 6) is -1.44. The highest BCUT2D eigenvalue weighted by Crippen LogP contribution is 2.22. The van der Waals surface area contributed by atoms with E-state index in [9.17, 15) is 18.0 Å². The van der Waals surface area contributed by atoms with Gasteiger partial charge in [0.15, 0.2) is 19.8 Å². The van der Waals surface area contributed by atoms with Crippen molar-refractivity contribution in [1.29, 1.82) is 0 Å². The van der Waals surface area contributed by atoms with Gasteiger partial charge in [0.25, 0.3) is 5.91 Å². The Balaban J connectivity index is 3.01. The molecule has 1 amide bonds. The maximum absolute atomic E-state index is 12.4. The van der Waals surface area contributed by atoms with Crippen molar-refractivity contribution < 1.29 is 18.0 Å². The topological polar surface area (TPSA) is 80.3 Å². The summed E-state index contributed by atoms with van der Waals surface area (Å²) < 4.78 is 22.2. The standard InChI is InChI=1S/C14H16BrCl2NO4S/c1-4-23(21,22)12(15)11(19)14(2,3)18-13(20)8-5-9(16)7-10(17)6-8/h5-7,12H,4H2,1-3H3,(H,18,20). The van der Waals surface area contributed by atoms with E-state index in [1.54, 1.807) is 0 Å². The summed E-state index contributed by atoms with van der Waals surface area (Å²) in [6.07, 6.45) is 0. The molecular formula is C14H16BrCl2NO4S. The largest absolute Gasteiger partial charge is 0.340 e. The van der Waals surface area contributed by atoms with Crippen LogP contribution in [0.25, 0.3) is 0 Å². The summed E-state index contributed by atoms with van der Waals surface area (Å²) in [4.78, 5) is 24.6. The third-order valence-corrected chi connectivity index (χ3v) is 7.30. The van der Waals surface area contributed by atoms with Crippen molar-refractivity contribution in [3.05, 3.63) is 33.8 Å². The number of rotatable bonds is 6. The van der Waals surface area contributed by atoms with Gasteiger partial charge in [-0.25, -0.2) is 8.42 Å². The van der Waals surface area contributed by atoms with E-state index in [1.807, 2.05) is 0 Å². The van der Waals surface area contributed by atoms with Gasteiger partial charge in [-0.05, 0) is 32.0 Å². The molecule has 0 aliphatic heterocycles. The second-order valence-electron chi connectivity index (χ2n) is 5.37. The van der Waals surface area contributed by atoms with E-state index in [0.717, 1.165) is 0 Å². The van der Waals surface area contributed by atoms with Crippen LogP contribution in [0.5, 0.6) is 0 Å². The van der Waals surface area contributed by atoms with Gasteiger partial charge in [0.1, 0.15) is 0 Å². The molecule has 0 aromatic heterocycles. The minimum atomic E-state index is -3.62. The molecule has 5 nitrogen and oxygen atoms in total. The summed E-state index contributed by atoms with van der Waals surface area (Å²) in [6.45, 7) is 4.30. The molecule has 0 fully saturated rings. The lowest BCUT2D eigenvalue weighted by Gasteiger charge is -2.27. The first-order valence-electron chi connectivity index (χ1n) is 6.59. The number of carbonyl (C=O) groups is 2. The Bertz CT molecular complexity index is 714. The Morgan fingerprint density at radius 1 is 1.22 bits per heavy atom. The first-order chi connectivity index (χ1) is 10.4. The lowest BCUT2D eigenvalue weighted by Crippen LogP contribution is -2.53. The highest BCUT2D eigenvalue weighted by molar-refractivity contribution is 9.11. The Kier molecular flexibility index (Phi) is 6.66. The van der Waals surface area contributed by atoms with Gasteiger partial charge in [0, 0.05) is 21.4 Å². The lowest BCUT2D eigenvalue weighted by atomic mass is 9.99. The van der Waals surface area contributed by atoms with Crippen LogP contribution in [0.2, 0.25) is 10.0 Å². The van der Waals surface area contributed by atoms with Gasteiger partial charge < -0.3 is 5.32 Å². The van der Waals surface area contributed by atoms with E-state index in [2.05, 4.69) is 21.2 Å². The van der Waals surface area contributed by atoms with E-state index in [4.69, 9.17) is 23.2 Å². The number of alkyl halides is 1. The molecule has 1 unspecified atom stereocenters. The van der Waals surface area contributed by atoms with Crippen molar-refractivity contribution in [3.63, 3.8) is 0 Å². The minimum Gasteiger partial charge on any atom is -0.340 e. The third kappa shape index (κ3) is 5.17. The van der Waals surface area contributed by atoms with Crippen molar-refractivity contribution >= 4 is 60.7 Å². The summed E-state index contributed by atoms with van der Waals surface area (Å²) in [7, 11) is -3.62. The molecule has 9 heteroatoms. The average molecular weight is 445 g/mol. The molecule has 1 aromatic rings. The van der Waals surface area contributed by atoms with Crippen molar-refractivity contribution in [2.45, 2.75) is 30.5 Å². The molecule has 1 rings (SSSR count). The number of amides is 1. The fraction of sp³-hybridized carbons (Fsp3) is 0.429. The van der Waals surface area contributed by atoms with Crippen LogP contribution in [0.15, 0.2) is 18.2 Å². The van der Waals surface area contributed by atoms with E-state index >= 15 is 0 Å². The van der Waals surface area contributed by atoms with Gasteiger partial charge in [-0.1, -0.05) is 46.1 Å². The van der Waals surface area contributed by atoms with Crippen LogP contribution in [-0.4, -0.2) is 35.6 Å². The molecule has 0 aliphatic rings. The van der Waals surface area contributed by atoms with Gasteiger partial charge in [-0.15, -0.1) is 0 Å². The number of benzene rings is 1. The van der Waals surface area contributed by atoms with Gasteiger partial charge in [0.2, 0.25) is 0 Å². The SMILES string of the molecule is CCS(=O)(=O)C(Br)C(=O)C(C)(C)NC(=O)c1cc(Cl)cc(Cl)c1. The van der Waals surface area contributed by atoms with Crippen molar-refractivity contribution in [3.8, 4) is 0 Å². The number of Topliss-reactive ketones (excluding diaryl/α,β-unsaturated/α-hetero) is 1. The van der Waals surface area contributed by atoms with E-state index < -0.39 is 31.2 Å². The van der Waals surface area contributed by atoms with Gasteiger partial charge in [-0.2, -0.15) is 0 Å². The van der Waals surface area contributed by atoms with E-state index in [1.165, 1.54) is 39.0 Å². The van der Waals surface area contributed by atoms with Crippen molar-refractivity contribution in [1.82, 2.24) is 5.32 Å². The predicted molar refractivity (Wildman–Crippen MR) is 95.2 cm³/mol. The van der Waals surface area contributed by atoms with Crippen LogP contribution >= 0.6 is 39.1 Å². The van der Waals surface area contributed by atoms with Crippen molar-refractivity contribution in [2.75, 3.05) is 5.75 Å². The molecule has 0 saturated heterocycles. The zero-order valence-electron chi connectivity index (χ0n) is 12.7. The highest BCUT2D eigenvalue weighted by Gasteiger charge is 2.39. The normalized spacial score (nSPS) is 13.5. The monoisotopic (exact) mass is 443 g/mol. The molecular weight excluding hydrogens is 429 g/mol. The van der Waals surface area contributed by atoms with Crippen LogP contribution in [-0.2, 0) is 14.6 Å². The van der Waals surface area contributed by atoms with Crippen LogP contribution in [0.1, 0.15) is 31.1 Å². The maximum Gasteiger partial charge on any atom is 0.252 e. The van der Waals surface area contributed by atoms with Crippen LogP contribution in [0, 0.1) is 0 Å². The zero-order valence-corrected chi connectivity index (χ0v) is 16.6. The number of carbonyl (C=O) groups excluding carboxylic acids is 2. The first kappa shape index (κ1) is 20.4. The van der Waals surface area contributed by atoms with Crippen LogP contribution in [0.3, 0.4) is 0 Å². The number of sulfone groups is 1. The predicted octanol–water partition coefficient (Wildman–Crippen LogP) is 3.23. The van der Waals surface area contributed by atoms with E-state index in [-0.39, 0.29) is 21.4 Å². The summed E-state index contributed by atoms with van der Waals surface area (Å²) >= 11 is 14.6. The molecule has 128 valence electrons. The summed E-state index contributed by atoms with van der Waals surface area (Å²) in [6, 6.07) is 4.27. The molecule has 23 heavy (non-hydrogen) atoms. The number of ketones is 1. The highest BCUT2D eigenvalue weighted by atomic mass is 79.9. The van der Waals surface area contributed by atoms with Crippen molar-refractivity contribution in [2.24, 2.45) is 0 Å². The number of hydrogen-bond acceptors (Lipinski definition) is 4.